The van der Waals surface area contributed by atoms with Gasteiger partial charge in [-0.25, -0.2) is 4.98 Å². The van der Waals surface area contributed by atoms with Gasteiger partial charge in [-0.3, -0.25) is 0 Å². The number of ether oxygens (including phenoxy) is 2. The summed E-state index contributed by atoms with van der Waals surface area (Å²) in [5, 5.41) is 10.9. The number of aromatic nitrogens is 2. The van der Waals surface area contributed by atoms with Crippen LogP contribution in [0.5, 0.6) is 11.8 Å². The van der Waals surface area contributed by atoms with Crippen molar-refractivity contribution >= 4 is 11.6 Å². The molecule has 20 heavy (non-hydrogen) atoms. The molecule has 0 saturated carbocycles. The van der Waals surface area contributed by atoms with Gasteiger partial charge in [-0.1, -0.05) is 23.7 Å². The Morgan fingerprint density at radius 1 is 1.25 bits per heavy atom. The molecule has 0 aliphatic carbocycles. The second-order valence-electron chi connectivity index (χ2n) is 4.23. The molecule has 1 N–H and O–H groups in total. The Hall–Kier alpha value is -1.85. The van der Waals surface area contributed by atoms with Crippen LogP contribution >= 0.6 is 11.6 Å². The lowest BCUT2D eigenvalue weighted by Crippen LogP contribution is -2.08. The van der Waals surface area contributed by atoms with Gasteiger partial charge in [0.05, 0.1) is 20.4 Å². The molecule has 0 aliphatic heterocycles. The first-order chi connectivity index (χ1) is 9.56. The molecule has 0 saturated heterocycles. The Kier molecular flexibility index (Phi) is 4.42. The monoisotopic (exact) mass is 294 g/mol. The first-order valence-corrected chi connectivity index (χ1v) is 6.33. The van der Waals surface area contributed by atoms with Crippen molar-refractivity contribution < 1.29 is 14.6 Å². The van der Waals surface area contributed by atoms with Crippen molar-refractivity contribution in [3.8, 4) is 11.8 Å². The van der Waals surface area contributed by atoms with E-state index in [1.165, 1.54) is 20.4 Å². The molecule has 0 bridgehead atoms. The van der Waals surface area contributed by atoms with Gasteiger partial charge in [0.25, 0.3) is 0 Å². The molecule has 2 rings (SSSR count). The van der Waals surface area contributed by atoms with E-state index >= 15 is 0 Å². The zero-order chi connectivity index (χ0) is 14.7. The Balaban J connectivity index is 2.44. The van der Waals surface area contributed by atoms with Crippen molar-refractivity contribution in [3.63, 3.8) is 0 Å². The summed E-state index contributed by atoms with van der Waals surface area (Å²) in [5.74, 6) is 0.515. The quantitative estimate of drug-likeness (QED) is 0.939. The highest BCUT2D eigenvalue weighted by Gasteiger charge is 2.21. The van der Waals surface area contributed by atoms with E-state index in [0.717, 1.165) is 5.56 Å². The normalized spacial score (nSPS) is 12.1. The van der Waals surface area contributed by atoms with Crippen molar-refractivity contribution in [2.24, 2.45) is 0 Å². The van der Waals surface area contributed by atoms with Crippen molar-refractivity contribution in [2.45, 2.75) is 13.0 Å². The fourth-order valence-corrected chi connectivity index (χ4v) is 2.14. The molecular formula is C14H15ClN2O3. The van der Waals surface area contributed by atoms with Gasteiger partial charge >= 0.3 is 0 Å². The van der Waals surface area contributed by atoms with Gasteiger partial charge in [0.15, 0.2) is 0 Å². The highest BCUT2D eigenvalue weighted by atomic mass is 35.5. The number of nitrogens with zero attached hydrogens (tertiary/aromatic N) is 2. The second kappa shape index (κ2) is 6.07. The first-order valence-electron chi connectivity index (χ1n) is 5.96. The number of aliphatic hydroxyl groups is 1. The smallest absolute Gasteiger partial charge is 0.241 e. The van der Waals surface area contributed by atoms with Gasteiger partial charge in [0.2, 0.25) is 11.8 Å². The predicted octanol–water partition coefficient (Wildman–Crippen LogP) is 2.54. The molecular weight excluding hydrogens is 280 g/mol. The van der Waals surface area contributed by atoms with Gasteiger partial charge < -0.3 is 14.6 Å². The SMILES string of the molecule is COc1cnc(C(O)c2ccc(C)cc2Cl)c(OC)n1. The van der Waals surface area contributed by atoms with E-state index in [2.05, 4.69) is 9.97 Å². The molecule has 6 heteroatoms. The Bertz CT molecular complexity index is 619. The predicted molar refractivity (Wildman–Crippen MR) is 75.4 cm³/mol. The van der Waals surface area contributed by atoms with Crippen LogP contribution in [0.3, 0.4) is 0 Å². The zero-order valence-corrected chi connectivity index (χ0v) is 12.2. The number of rotatable bonds is 4. The zero-order valence-electron chi connectivity index (χ0n) is 11.4. The second-order valence-corrected chi connectivity index (χ2v) is 4.64. The summed E-state index contributed by atoms with van der Waals surface area (Å²) < 4.78 is 10.1. The summed E-state index contributed by atoms with van der Waals surface area (Å²) in [6, 6.07) is 5.41. The average molecular weight is 295 g/mol. The number of hydrogen-bond acceptors (Lipinski definition) is 5. The minimum Gasteiger partial charge on any atom is -0.480 e. The van der Waals surface area contributed by atoms with Crippen LogP contribution in [0.25, 0.3) is 0 Å². The number of methoxy groups -OCH3 is 2. The molecule has 2 aromatic rings. The van der Waals surface area contributed by atoms with Gasteiger partial charge in [0.1, 0.15) is 11.8 Å². The highest BCUT2D eigenvalue weighted by Crippen LogP contribution is 2.32. The molecule has 0 aliphatic rings. The molecule has 0 spiro atoms. The molecule has 0 amide bonds. The van der Waals surface area contributed by atoms with E-state index in [4.69, 9.17) is 21.1 Å². The molecule has 1 aromatic heterocycles. The van der Waals surface area contributed by atoms with E-state index in [0.29, 0.717) is 22.2 Å². The van der Waals surface area contributed by atoms with Crippen molar-refractivity contribution in [1.82, 2.24) is 9.97 Å². The van der Waals surface area contributed by atoms with E-state index in [1.54, 1.807) is 12.1 Å². The number of halogens is 1. The fourth-order valence-electron chi connectivity index (χ4n) is 1.80. The highest BCUT2D eigenvalue weighted by molar-refractivity contribution is 6.31. The Labute approximate surface area is 122 Å². The minimum atomic E-state index is -1.02. The van der Waals surface area contributed by atoms with Gasteiger partial charge in [0, 0.05) is 10.6 Å². The third kappa shape index (κ3) is 2.84. The lowest BCUT2D eigenvalue weighted by Gasteiger charge is -2.15. The van der Waals surface area contributed by atoms with Crippen LogP contribution < -0.4 is 9.47 Å². The fraction of sp³-hybridized carbons (Fsp3) is 0.286. The van der Waals surface area contributed by atoms with Crippen LogP contribution in [0.2, 0.25) is 5.02 Å². The molecule has 1 heterocycles. The maximum absolute atomic E-state index is 10.4. The lowest BCUT2D eigenvalue weighted by atomic mass is 10.0. The topological polar surface area (TPSA) is 64.5 Å². The van der Waals surface area contributed by atoms with Crippen LogP contribution in [0.4, 0.5) is 0 Å². The minimum absolute atomic E-state index is 0.202. The summed E-state index contributed by atoms with van der Waals surface area (Å²) >= 11 is 6.15. The third-order valence-electron chi connectivity index (χ3n) is 2.86. The summed E-state index contributed by atoms with van der Waals surface area (Å²) in [7, 11) is 2.94. The van der Waals surface area contributed by atoms with Crippen molar-refractivity contribution in [3.05, 3.63) is 46.2 Å². The number of benzene rings is 1. The molecule has 5 nitrogen and oxygen atoms in total. The van der Waals surface area contributed by atoms with E-state index < -0.39 is 6.10 Å². The van der Waals surface area contributed by atoms with Crippen LogP contribution in [-0.4, -0.2) is 29.3 Å². The van der Waals surface area contributed by atoms with Gasteiger partial charge in [-0.05, 0) is 18.6 Å². The molecule has 106 valence electrons. The maximum Gasteiger partial charge on any atom is 0.241 e. The summed E-state index contributed by atoms with van der Waals surface area (Å²) in [5.41, 5.74) is 1.85. The number of hydrogen-bond donors (Lipinski definition) is 1. The molecule has 1 unspecified atom stereocenters. The standard InChI is InChI=1S/C14H15ClN2O3/c1-8-4-5-9(10(15)6-8)13(18)12-14(20-3)17-11(19-2)7-16-12/h4-7,13,18H,1-3H3. The Morgan fingerprint density at radius 3 is 2.60 bits per heavy atom. The van der Waals surface area contributed by atoms with E-state index in [-0.39, 0.29) is 5.88 Å². The molecule has 0 fully saturated rings. The van der Waals surface area contributed by atoms with Crippen LogP contribution in [-0.2, 0) is 0 Å². The molecule has 1 aromatic carbocycles. The first kappa shape index (κ1) is 14.6. The number of aryl methyl sites for hydroxylation is 1. The lowest BCUT2D eigenvalue weighted by molar-refractivity contribution is 0.206. The van der Waals surface area contributed by atoms with Crippen molar-refractivity contribution in [2.75, 3.05) is 14.2 Å². The average Bonchev–Trinajstić information content (AvgIpc) is 2.46. The molecule has 1 atom stereocenters. The summed E-state index contributed by atoms with van der Waals surface area (Å²) in [6.07, 6.45) is 0.403. The van der Waals surface area contributed by atoms with Crippen LogP contribution in [0, 0.1) is 6.92 Å². The van der Waals surface area contributed by atoms with E-state index in [1.807, 2.05) is 13.0 Å². The van der Waals surface area contributed by atoms with Crippen LogP contribution in [0.1, 0.15) is 22.9 Å². The largest absolute Gasteiger partial charge is 0.480 e. The van der Waals surface area contributed by atoms with E-state index in [9.17, 15) is 5.11 Å². The maximum atomic E-state index is 10.4. The van der Waals surface area contributed by atoms with Gasteiger partial charge in [-0.15, -0.1) is 0 Å². The van der Waals surface area contributed by atoms with Crippen LogP contribution in [0.15, 0.2) is 24.4 Å². The molecule has 0 radical (unpaired) electrons. The summed E-state index contributed by atoms with van der Waals surface area (Å²) in [4.78, 5) is 8.23. The van der Waals surface area contributed by atoms with Gasteiger partial charge in [-0.2, -0.15) is 4.98 Å². The summed E-state index contributed by atoms with van der Waals surface area (Å²) in [6.45, 7) is 1.93. The van der Waals surface area contributed by atoms with Crippen molar-refractivity contribution in [1.29, 1.82) is 0 Å². The Morgan fingerprint density at radius 2 is 2.00 bits per heavy atom. The third-order valence-corrected chi connectivity index (χ3v) is 3.18. The number of aliphatic hydroxyl groups excluding tert-OH is 1.